The van der Waals surface area contributed by atoms with E-state index in [4.69, 9.17) is 5.41 Å². The van der Waals surface area contributed by atoms with E-state index in [1.54, 1.807) is 24.5 Å². The summed E-state index contributed by atoms with van der Waals surface area (Å²) in [5.74, 6) is 0. The molecule has 0 radical (unpaired) electrons. The van der Waals surface area contributed by atoms with Crippen LogP contribution in [0.25, 0.3) is 0 Å². The van der Waals surface area contributed by atoms with Crippen molar-refractivity contribution < 1.29 is 0 Å². The summed E-state index contributed by atoms with van der Waals surface area (Å²) in [5.41, 5.74) is 2.15. The Labute approximate surface area is 126 Å². The fraction of sp³-hybridized carbons (Fsp3) is 0. The average molecular weight is 292 g/mol. The van der Waals surface area contributed by atoms with E-state index in [2.05, 4.69) is 15.0 Å². The minimum atomic E-state index is 0.444. The molecule has 1 aromatic carbocycles. The van der Waals surface area contributed by atoms with Gasteiger partial charge in [-0.3, -0.25) is 5.41 Å². The Kier molecular flexibility index (Phi) is 4.02. The second kappa shape index (κ2) is 6.28. The molecule has 3 rings (SSSR count). The van der Waals surface area contributed by atoms with Gasteiger partial charge in [-0.1, -0.05) is 18.2 Å². The van der Waals surface area contributed by atoms with Gasteiger partial charge in [0.05, 0.1) is 17.1 Å². The molecule has 0 aliphatic heterocycles. The number of nitrogens with zero attached hydrogens (tertiary/aromatic N) is 3. The number of allylic oxidation sites excluding steroid dienone is 4. The molecule has 1 aliphatic carbocycles. The van der Waals surface area contributed by atoms with Gasteiger partial charge in [-0.05, 0) is 48.2 Å². The summed E-state index contributed by atoms with van der Waals surface area (Å²) < 4.78 is 0. The summed E-state index contributed by atoms with van der Waals surface area (Å²) in [6, 6.07) is 11.5. The summed E-state index contributed by atoms with van der Waals surface area (Å²) in [6.45, 7) is 0. The first-order valence-corrected chi connectivity index (χ1v) is 7.20. The molecule has 0 bridgehead atoms. The van der Waals surface area contributed by atoms with E-state index < -0.39 is 0 Å². The number of thioether (sulfide) groups is 1. The van der Waals surface area contributed by atoms with Crippen LogP contribution in [-0.4, -0.2) is 21.4 Å². The van der Waals surface area contributed by atoms with Crippen LogP contribution in [0.1, 0.15) is 0 Å². The lowest BCUT2D eigenvalue weighted by molar-refractivity contribution is 0.971. The molecule has 0 saturated heterocycles. The third kappa shape index (κ3) is 3.52. The molecular weight excluding hydrogens is 280 g/mol. The van der Waals surface area contributed by atoms with Gasteiger partial charge < -0.3 is 0 Å². The van der Waals surface area contributed by atoms with Gasteiger partial charge >= 0.3 is 0 Å². The molecule has 0 fully saturated rings. The van der Waals surface area contributed by atoms with Crippen molar-refractivity contribution in [3.8, 4) is 0 Å². The molecule has 21 heavy (non-hydrogen) atoms. The van der Waals surface area contributed by atoms with Gasteiger partial charge in [-0.2, -0.15) is 0 Å². The lowest BCUT2D eigenvalue weighted by Crippen LogP contribution is -2.05. The van der Waals surface area contributed by atoms with Crippen LogP contribution in [-0.2, 0) is 0 Å². The van der Waals surface area contributed by atoms with Crippen LogP contribution in [0, 0.1) is 5.41 Å². The highest BCUT2D eigenvalue weighted by Gasteiger charge is 2.12. The quantitative estimate of drug-likeness (QED) is 0.691. The zero-order valence-electron chi connectivity index (χ0n) is 11.1. The van der Waals surface area contributed by atoms with Crippen LogP contribution in [0.2, 0.25) is 0 Å². The summed E-state index contributed by atoms with van der Waals surface area (Å²) in [7, 11) is 0. The average Bonchev–Trinajstić information content (AvgIpc) is 2.53. The second-order valence-electron chi connectivity index (χ2n) is 4.26. The molecule has 1 N–H and O–H groups in total. The Hall–Kier alpha value is -2.53. The molecule has 4 nitrogen and oxygen atoms in total. The molecule has 1 aliphatic rings. The van der Waals surface area contributed by atoms with E-state index in [0.717, 1.165) is 16.3 Å². The molecule has 5 heteroatoms. The third-order valence-electron chi connectivity index (χ3n) is 2.72. The van der Waals surface area contributed by atoms with Crippen molar-refractivity contribution in [3.63, 3.8) is 0 Å². The highest BCUT2D eigenvalue weighted by Crippen LogP contribution is 2.26. The van der Waals surface area contributed by atoms with Gasteiger partial charge in [0.2, 0.25) is 0 Å². The summed E-state index contributed by atoms with van der Waals surface area (Å²) in [4.78, 5) is 13.7. The maximum Gasteiger partial charge on any atom is 0.192 e. The smallest absolute Gasteiger partial charge is 0.192 e. The second-order valence-corrected chi connectivity index (χ2v) is 5.27. The zero-order chi connectivity index (χ0) is 14.5. The Bertz CT molecular complexity index is 733. The summed E-state index contributed by atoms with van der Waals surface area (Å²) in [5, 5.41) is 8.61. The number of aliphatic imine (C=N–C) groups is 1. The highest BCUT2D eigenvalue weighted by atomic mass is 32.2. The molecule has 1 heterocycles. The van der Waals surface area contributed by atoms with Crippen molar-refractivity contribution in [3.05, 3.63) is 71.9 Å². The van der Waals surface area contributed by atoms with Crippen molar-refractivity contribution in [1.29, 1.82) is 5.41 Å². The number of rotatable bonds is 3. The number of hydrogen-bond donors (Lipinski definition) is 1. The molecule has 0 amide bonds. The molecule has 2 aromatic rings. The van der Waals surface area contributed by atoms with Crippen LogP contribution in [0.5, 0.6) is 0 Å². The fourth-order valence-electron chi connectivity index (χ4n) is 1.75. The molecule has 102 valence electrons. The lowest BCUT2D eigenvalue weighted by Gasteiger charge is -2.09. The van der Waals surface area contributed by atoms with Gasteiger partial charge in [-0.25, -0.2) is 15.0 Å². The SMILES string of the molecule is N=C1C=CC(=Nc2ccccc2)C=C1Sc1ncccn1. The summed E-state index contributed by atoms with van der Waals surface area (Å²) >= 11 is 1.37. The third-order valence-corrected chi connectivity index (χ3v) is 3.67. The van der Waals surface area contributed by atoms with Gasteiger partial charge in [0.15, 0.2) is 5.16 Å². The van der Waals surface area contributed by atoms with E-state index in [-0.39, 0.29) is 0 Å². The van der Waals surface area contributed by atoms with Crippen LogP contribution in [0.15, 0.2) is 82.1 Å². The summed E-state index contributed by atoms with van der Waals surface area (Å²) in [6.07, 6.45) is 8.85. The van der Waals surface area contributed by atoms with Crippen molar-refractivity contribution in [1.82, 2.24) is 9.97 Å². The van der Waals surface area contributed by atoms with Gasteiger partial charge in [-0.15, -0.1) is 0 Å². The molecule has 1 aromatic heterocycles. The monoisotopic (exact) mass is 292 g/mol. The Morgan fingerprint density at radius 3 is 2.48 bits per heavy atom. The van der Waals surface area contributed by atoms with E-state index in [9.17, 15) is 0 Å². The highest BCUT2D eigenvalue weighted by molar-refractivity contribution is 8.03. The molecule has 0 saturated carbocycles. The minimum Gasteiger partial charge on any atom is -0.300 e. The maximum atomic E-state index is 7.98. The number of para-hydroxylation sites is 1. The normalized spacial score (nSPS) is 16.1. The van der Waals surface area contributed by atoms with Crippen molar-refractivity contribution in [2.45, 2.75) is 5.16 Å². The van der Waals surface area contributed by atoms with Crippen molar-refractivity contribution in [2.75, 3.05) is 0 Å². The van der Waals surface area contributed by atoms with Gasteiger partial charge in [0, 0.05) is 17.3 Å². The first-order chi connectivity index (χ1) is 10.3. The van der Waals surface area contributed by atoms with E-state index in [1.165, 1.54) is 11.8 Å². The molecule has 0 unspecified atom stereocenters. The minimum absolute atomic E-state index is 0.444. The van der Waals surface area contributed by atoms with Crippen molar-refractivity contribution >= 4 is 28.9 Å². The first-order valence-electron chi connectivity index (χ1n) is 6.38. The zero-order valence-corrected chi connectivity index (χ0v) is 11.9. The first kappa shape index (κ1) is 13.5. The molecule has 0 atom stereocenters. The predicted molar refractivity (Wildman–Crippen MR) is 86.4 cm³/mol. The van der Waals surface area contributed by atoms with Gasteiger partial charge in [0.1, 0.15) is 0 Å². The Morgan fingerprint density at radius 2 is 1.71 bits per heavy atom. The van der Waals surface area contributed by atoms with E-state index in [1.807, 2.05) is 42.5 Å². The maximum absolute atomic E-state index is 7.98. The van der Waals surface area contributed by atoms with Crippen LogP contribution in [0.3, 0.4) is 0 Å². The lowest BCUT2D eigenvalue weighted by atomic mass is 10.1. The van der Waals surface area contributed by atoms with E-state index in [0.29, 0.717) is 10.9 Å². The van der Waals surface area contributed by atoms with Gasteiger partial charge in [0.25, 0.3) is 0 Å². The van der Waals surface area contributed by atoms with E-state index >= 15 is 0 Å². The van der Waals surface area contributed by atoms with Crippen molar-refractivity contribution in [2.24, 2.45) is 4.99 Å². The predicted octanol–water partition coefficient (Wildman–Crippen LogP) is 3.81. The number of nitrogens with one attached hydrogen (secondary N) is 1. The number of hydrogen-bond acceptors (Lipinski definition) is 5. The Balaban J connectivity index is 1.86. The topological polar surface area (TPSA) is 62.0 Å². The number of aromatic nitrogens is 2. The van der Waals surface area contributed by atoms with Crippen LogP contribution in [0.4, 0.5) is 5.69 Å². The fourth-order valence-corrected chi connectivity index (χ4v) is 2.53. The molecule has 0 spiro atoms. The van der Waals surface area contributed by atoms with Crippen LogP contribution >= 0.6 is 11.8 Å². The van der Waals surface area contributed by atoms with Crippen LogP contribution < -0.4 is 0 Å². The molecular formula is C16H12N4S. The standard InChI is InChI=1S/C16H12N4S/c17-14-8-7-13(20-12-5-2-1-3-6-12)11-15(14)21-16-18-9-4-10-19-16/h1-11,17H. The largest absolute Gasteiger partial charge is 0.300 e. The number of benzene rings is 1. The Morgan fingerprint density at radius 1 is 0.952 bits per heavy atom.